The van der Waals surface area contributed by atoms with Crippen LogP contribution in [0.15, 0.2) is 42.5 Å². The lowest BCUT2D eigenvalue weighted by atomic mass is 10.1. The summed E-state index contributed by atoms with van der Waals surface area (Å²) in [5, 5.41) is 3.04. The van der Waals surface area contributed by atoms with Crippen LogP contribution in [-0.2, 0) is 30.4 Å². The largest absolute Gasteiger partial charge is 0.469 e. The molecule has 1 heterocycles. The van der Waals surface area contributed by atoms with E-state index in [2.05, 4.69) is 14.8 Å². The molecule has 0 saturated heterocycles. The Balaban J connectivity index is 1.97. The summed E-state index contributed by atoms with van der Waals surface area (Å²) in [5.74, 6) is -1.70. The predicted octanol–water partition coefficient (Wildman–Crippen LogP) is 2.75. The fourth-order valence-corrected chi connectivity index (χ4v) is 3.38. The Bertz CT molecular complexity index is 913. The molecule has 31 heavy (non-hydrogen) atoms. The highest BCUT2D eigenvalue weighted by Gasteiger charge is 2.25. The van der Waals surface area contributed by atoms with E-state index < -0.39 is 30.0 Å². The summed E-state index contributed by atoms with van der Waals surface area (Å²) in [6.45, 7) is 0.129. The average Bonchev–Trinajstić information content (AvgIpc) is 3.29. The second-order valence-electron chi connectivity index (χ2n) is 6.40. The highest BCUT2D eigenvalue weighted by molar-refractivity contribution is 7.18. The summed E-state index contributed by atoms with van der Waals surface area (Å²) in [5.41, 5.74) is 0.858. The first-order chi connectivity index (χ1) is 14.8. The van der Waals surface area contributed by atoms with Gasteiger partial charge in [0.15, 0.2) is 0 Å². The van der Waals surface area contributed by atoms with Gasteiger partial charge < -0.3 is 19.5 Å². The van der Waals surface area contributed by atoms with Crippen LogP contribution >= 0.6 is 11.3 Å². The number of carbonyl (C=O) groups excluding carboxylic acids is 4. The molecule has 0 aliphatic heterocycles. The third-order valence-corrected chi connectivity index (χ3v) is 5.44. The van der Waals surface area contributed by atoms with Gasteiger partial charge in [0.05, 0.1) is 19.1 Å². The lowest BCUT2D eigenvalue weighted by Crippen LogP contribution is -2.41. The number of thiophene rings is 1. The smallest absolute Gasteiger partial charge is 0.414 e. The summed E-state index contributed by atoms with van der Waals surface area (Å²) < 4.78 is 14.5. The maximum atomic E-state index is 12.5. The molecule has 1 N–H and O–H groups in total. The standard InChI is InChI=1S/C21H24N2O7S/c1-23(21(27)30-13-14-7-5-4-6-8-14)17-11-10-16(31-17)19(25)22-15(20(26)29-3)9-12-18(24)28-2/h4-8,10-11,15H,9,12-13H2,1-3H3,(H,22,25)/t15-/m0/s1. The molecule has 0 aliphatic rings. The fourth-order valence-electron chi connectivity index (χ4n) is 2.52. The maximum absolute atomic E-state index is 12.5. The van der Waals surface area contributed by atoms with Crippen LogP contribution in [0, 0.1) is 0 Å². The van der Waals surface area contributed by atoms with Gasteiger partial charge in [-0.25, -0.2) is 9.59 Å². The lowest BCUT2D eigenvalue weighted by molar-refractivity contribution is -0.144. The van der Waals surface area contributed by atoms with Crippen LogP contribution in [0.1, 0.15) is 28.1 Å². The average molecular weight is 448 g/mol. The van der Waals surface area contributed by atoms with Gasteiger partial charge in [0.2, 0.25) is 0 Å². The molecule has 2 rings (SSSR count). The van der Waals surface area contributed by atoms with Crippen molar-refractivity contribution in [3.8, 4) is 0 Å². The molecule has 0 radical (unpaired) electrons. The van der Waals surface area contributed by atoms with E-state index in [9.17, 15) is 19.2 Å². The minimum absolute atomic E-state index is 0.0367. The topological polar surface area (TPSA) is 111 Å². The number of anilines is 1. The molecular weight excluding hydrogens is 424 g/mol. The second-order valence-corrected chi connectivity index (χ2v) is 7.46. The second kappa shape index (κ2) is 11.7. The highest BCUT2D eigenvalue weighted by atomic mass is 32.1. The van der Waals surface area contributed by atoms with Crippen LogP contribution in [0.3, 0.4) is 0 Å². The van der Waals surface area contributed by atoms with Crippen molar-refractivity contribution in [3.05, 3.63) is 52.9 Å². The van der Waals surface area contributed by atoms with Gasteiger partial charge in [0, 0.05) is 13.5 Å². The monoisotopic (exact) mass is 448 g/mol. The number of benzene rings is 1. The summed E-state index contributed by atoms with van der Waals surface area (Å²) in [4.78, 5) is 49.7. The predicted molar refractivity (Wildman–Crippen MR) is 114 cm³/mol. The van der Waals surface area contributed by atoms with Gasteiger partial charge >= 0.3 is 18.0 Å². The van der Waals surface area contributed by atoms with E-state index in [1.54, 1.807) is 6.07 Å². The molecule has 166 valence electrons. The van der Waals surface area contributed by atoms with Gasteiger partial charge in [0.1, 0.15) is 17.6 Å². The van der Waals surface area contributed by atoms with Crippen LogP contribution in [0.25, 0.3) is 0 Å². The van der Waals surface area contributed by atoms with E-state index in [1.165, 1.54) is 32.2 Å². The van der Waals surface area contributed by atoms with Crippen molar-refractivity contribution in [3.63, 3.8) is 0 Å². The Morgan fingerprint density at radius 2 is 1.74 bits per heavy atom. The van der Waals surface area contributed by atoms with E-state index in [-0.39, 0.29) is 24.3 Å². The Morgan fingerprint density at radius 3 is 2.39 bits per heavy atom. The van der Waals surface area contributed by atoms with Crippen LogP contribution in [-0.4, -0.2) is 51.2 Å². The van der Waals surface area contributed by atoms with Crippen molar-refractivity contribution < 1.29 is 33.4 Å². The van der Waals surface area contributed by atoms with Gasteiger partial charge in [-0.2, -0.15) is 0 Å². The zero-order chi connectivity index (χ0) is 22.8. The number of carbonyl (C=O) groups is 4. The molecule has 0 saturated carbocycles. The third kappa shape index (κ3) is 7.10. The van der Waals surface area contributed by atoms with Gasteiger partial charge in [-0.15, -0.1) is 11.3 Å². The van der Waals surface area contributed by atoms with Gasteiger partial charge in [0.25, 0.3) is 5.91 Å². The van der Waals surface area contributed by atoms with Crippen LogP contribution in [0.2, 0.25) is 0 Å². The van der Waals surface area contributed by atoms with E-state index >= 15 is 0 Å². The minimum atomic E-state index is -1.00. The number of hydrogen-bond acceptors (Lipinski definition) is 8. The van der Waals surface area contributed by atoms with E-state index in [4.69, 9.17) is 4.74 Å². The van der Waals surface area contributed by atoms with Crippen molar-refractivity contribution in [2.24, 2.45) is 0 Å². The minimum Gasteiger partial charge on any atom is -0.469 e. The molecule has 2 aromatic rings. The van der Waals surface area contributed by atoms with Crippen LogP contribution in [0.4, 0.5) is 9.80 Å². The number of amides is 2. The molecule has 0 spiro atoms. The first-order valence-electron chi connectivity index (χ1n) is 9.35. The third-order valence-electron chi connectivity index (χ3n) is 4.28. The Morgan fingerprint density at radius 1 is 1.03 bits per heavy atom. The molecule has 10 heteroatoms. The number of nitrogens with one attached hydrogen (secondary N) is 1. The van der Waals surface area contributed by atoms with Crippen molar-refractivity contribution in [2.45, 2.75) is 25.5 Å². The Hall–Kier alpha value is -3.40. The molecule has 0 unspecified atom stereocenters. The SMILES string of the molecule is COC(=O)CC[C@H](NC(=O)c1ccc(N(C)C(=O)OCc2ccccc2)s1)C(=O)OC. The molecule has 0 fully saturated rings. The maximum Gasteiger partial charge on any atom is 0.414 e. The number of hydrogen-bond donors (Lipinski definition) is 1. The van der Waals surface area contributed by atoms with Crippen LogP contribution in [0.5, 0.6) is 0 Å². The highest BCUT2D eigenvalue weighted by Crippen LogP contribution is 2.26. The first kappa shape index (κ1) is 23.9. The fraction of sp³-hybridized carbons (Fsp3) is 0.333. The molecule has 9 nitrogen and oxygen atoms in total. The zero-order valence-corrected chi connectivity index (χ0v) is 18.3. The van der Waals surface area contributed by atoms with E-state index in [0.29, 0.717) is 5.00 Å². The summed E-state index contributed by atoms with van der Waals surface area (Å²) in [6.07, 6.45) is -0.583. The molecule has 1 atom stereocenters. The van der Waals surface area contributed by atoms with Gasteiger partial charge in [-0.1, -0.05) is 30.3 Å². The Kier molecular flexibility index (Phi) is 9.01. The van der Waals surface area contributed by atoms with E-state index in [0.717, 1.165) is 16.9 Å². The number of esters is 2. The summed E-state index contributed by atoms with van der Waals surface area (Å²) in [7, 11) is 3.97. The number of rotatable bonds is 9. The molecular formula is C21H24N2O7S. The lowest BCUT2D eigenvalue weighted by Gasteiger charge is -2.16. The molecule has 1 aromatic carbocycles. The quantitative estimate of drug-likeness (QED) is 0.464. The number of methoxy groups -OCH3 is 2. The van der Waals surface area contributed by atoms with Crippen LogP contribution < -0.4 is 10.2 Å². The summed E-state index contributed by atoms with van der Waals surface area (Å²) >= 11 is 1.06. The summed E-state index contributed by atoms with van der Waals surface area (Å²) in [6, 6.07) is 11.4. The van der Waals surface area contributed by atoms with Crippen molar-refractivity contribution in [1.29, 1.82) is 0 Å². The first-order valence-corrected chi connectivity index (χ1v) is 10.2. The molecule has 1 aromatic heterocycles. The zero-order valence-electron chi connectivity index (χ0n) is 17.5. The molecule has 0 aliphatic carbocycles. The van der Waals surface area contributed by atoms with Gasteiger partial charge in [-0.3, -0.25) is 14.5 Å². The van der Waals surface area contributed by atoms with Crippen molar-refractivity contribution >= 4 is 40.3 Å². The van der Waals surface area contributed by atoms with Gasteiger partial charge in [-0.05, 0) is 24.1 Å². The normalized spacial score (nSPS) is 11.2. The van der Waals surface area contributed by atoms with Crippen molar-refractivity contribution in [2.75, 3.05) is 26.2 Å². The molecule has 0 bridgehead atoms. The van der Waals surface area contributed by atoms with E-state index in [1.807, 2.05) is 30.3 Å². The number of nitrogens with zero attached hydrogens (tertiary/aromatic N) is 1. The number of ether oxygens (including phenoxy) is 3. The van der Waals surface area contributed by atoms with Crippen molar-refractivity contribution in [1.82, 2.24) is 5.32 Å². The molecule has 2 amide bonds. The Labute approximate surface area is 183 Å².